The first kappa shape index (κ1) is 18.8. The highest BCUT2D eigenvalue weighted by Gasteiger charge is 2.34. The second kappa shape index (κ2) is 7.14. The number of fused-ring (bicyclic) bond motifs is 1. The average Bonchev–Trinajstić information content (AvgIpc) is 3.01. The molecule has 1 atom stereocenters. The number of aryl methyl sites for hydroxylation is 1. The molecule has 1 unspecified atom stereocenters. The van der Waals surface area contributed by atoms with E-state index < -0.39 is 20.9 Å². The summed E-state index contributed by atoms with van der Waals surface area (Å²) < 4.78 is 43.4. The van der Waals surface area contributed by atoms with Crippen LogP contribution in [0.1, 0.15) is 16.4 Å². The molecule has 0 amide bonds. The van der Waals surface area contributed by atoms with Gasteiger partial charge in [-0.1, -0.05) is 58.4 Å². The third-order valence-electron chi connectivity index (χ3n) is 4.64. The molecule has 4 rings (SSSR count). The Morgan fingerprint density at radius 3 is 2.29 bits per heavy atom. The molecule has 4 aromatic rings. The van der Waals surface area contributed by atoms with Gasteiger partial charge in [0.25, 0.3) is 0 Å². The van der Waals surface area contributed by atoms with Gasteiger partial charge in [0.05, 0.1) is 11.0 Å². The first-order valence-electron chi connectivity index (χ1n) is 8.54. The van der Waals surface area contributed by atoms with Crippen LogP contribution in [0.25, 0.3) is 11.0 Å². The zero-order valence-electron chi connectivity index (χ0n) is 14.9. The lowest BCUT2D eigenvalue weighted by Gasteiger charge is -2.18. The standard InChI is InChI=1S/C21H16BrFN2O2S/c1-25-19-13-17(23)11-12-18(19)24-21(25)28(26,27)20(14-5-3-2-4-6-14)15-7-9-16(22)10-8-15/h2-13,20H,1H3. The average molecular weight is 459 g/mol. The van der Waals surface area contributed by atoms with Gasteiger partial charge in [-0.15, -0.1) is 0 Å². The quantitative estimate of drug-likeness (QED) is 0.430. The Morgan fingerprint density at radius 1 is 0.964 bits per heavy atom. The summed E-state index contributed by atoms with van der Waals surface area (Å²) in [5.41, 5.74) is 2.14. The lowest BCUT2D eigenvalue weighted by Crippen LogP contribution is -2.18. The fourth-order valence-electron chi connectivity index (χ4n) is 3.32. The molecule has 0 fully saturated rings. The lowest BCUT2D eigenvalue weighted by atomic mass is 10.0. The van der Waals surface area contributed by atoms with Crippen molar-refractivity contribution in [2.45, 2.75) is 10.4 Å². The van der Waals surface area contributed by atoms with Crippen molar-refractivity contribution < 1.29 is 12.8 Å². The fraction of sp³-hybridized carbons (Fsp3) is 0.0952. The number of benzene rings is 3. The van der Waals surface area contributed by atoms with Gasteiger partial charge < -0.3 is 4.57 Å². The van der Waals surface area contributed by atoms with Crippen LogP contribution in [0.2, 0.25) is 0 Å². The van der Waals surface area contributed by atoms with Crippen LogP contribution >= 0.6 is 15.9 Å². The molecule has 0 aliphatic carbocycles. The summed E-state index contributed by atoms with van der Waals surface area (Å²) in [6.45, 7) is 0. The molecule has 142 valence electrons. The first-order chi connectivity index (χ1) is 13.4. The molecule has 1 aromatic heterocycles. The maximum Gasteiger partial charge on any atom is 0.229 e. The number of imidazole rings is 1. The molecule has 0 saturated carbocycles. The number of hydrogen-bond acceptors (Lipinski definition) is 3. The monoisotopic (exact) mass is 458 g/mol. The summed E-state index contributed by atoms with van der Waals surface area (Å²) >= 11 is 3.39. The molecule has 0 aliphatic heterocycles. The SMILES string of the molecule is Cn1c(S(=O)(=O)C(c2ccccc2)c2ccc(Br)cc2)nc2ccc(F)cc21. The van der Waals surface area contributed by atoms with Gasteiger partial charge in [-0.3, -0.25) is 0 Å². The van der Waals surface area contributed by atoms with Crippen molar-refractivity contribution in [2.75, 3.05) is 0 Å². The highest BCUT2D eigenvalue weighted by molar-refractivity contribution is 9.10. The lowest BCUT2D eigenvalue weighted by molar-refractivity contribution is 0.573. The van der Waals surface area contributed by atoms with E-state index in [1.165, 1.54) is 22.8 Å². The molecular weight excluding hydrogens is 443 g/mol. The van der Waals surface area contributed by atoms with Crippen LogP contribution in [0.3, 0.4) is 0 Å². The summed E-state index contributed by atoms with van der Waals surface area (Å²) in [4.78, 5) is 4.31. The van der Waals surface area contributed by atoms with Crippen molar-refractivity contribution >= 4 is 36.8 Å². The van der Waals surface area contributed by atoms with E-state index in [9.17, 15) is 12.8 Å². The van der Waals surface area contributed by atoms with E-state index in [0.29, 0.717) is 22.2 Å². The van der Waals surface area contributed by atoms with Gasteiger partial charge in [0, 0.05) is 11.5 Å². The maximum absolute atomic E-state index is 13.7. The van der Waals surface area contributed by atoms with Gasteiger partial charge in [0.2, 0.25) is 15.0 Å². The summed E-state index contributed by atoms with van der Waals surface area (Å²) in [6.07, 6.45) is 0. The molecular formula is C21H16BrFN2O2S. The number of nitrogens with zero attached hydrogens (tertiary/aromatic N) is 2. The van der Waals surface area contributed by atoms with Crippen molar-refractivity contribution in [1.29, 1.82) is 0 Å². The summed E-state index contributed by atoms with van der Waals surface area (Å²) in [6, 6.07) is 20.3. The van der Waals surface area contributed by atoms with E-state index in [0.717, 1.165) is 4.47 Å². The first-order valence-corrected chi connectivity index (χ1v) is 10.9. The van der Waals surface area contributed by atoms with Gasteiger partial charge in [0.15, 0.2) is 0 Å². The smallest absolute Gasteiger partial charge is 0.229 e. The van der Waals surface area contributed by atoms with Gasteiger partial charge >= 0.3 is 0 Å². The Morgan fingerprint density at radius 2 is 1.61 bits per heavy atom. The van der Waals surface area contributed by atoms with Crippen molar-refractivity contribution in [3.05, 3.63) is 94.2 Å². The molecule has 0 spiro atoms. The zero-order valence-corrected chi connectivity index (χ0v) is 17.3. The Bertz CT molecular complexity index is 1250. The van der Waals surface area contributed by atoms with E-state index in [1.54, 1.807) is 43.4 Å². The minimum absolute atomic E-state index is 0.0927. The zero-order chi connectivity index (χ0) is 19.9. The van der Waals surface area contributed by atoms with Crippen LogP contribution in [0.4, 0.5) is 4.39 Å². The number of hydrogen-bond donors (Lipinski definition) is 0. The largest absolute Gasteiger partial charge is 0.318 e. The molecule has 3 aromatic carbocycles. The van der Waals surface area contributed by atoms with Gasteiger partial charge in [-0.05, 0) is 41.5 Å². The molecule has 0 bridgehead atoms. The molecule has 0 saturated heterocycles. The van der Waals surface area contributed by atoms with Gasteiger partial charge in [0.1, 0.15) is 11.1 Å². The Balaban J connectivity index is 1.95. The van der Waals surface area contributed by atoms with E-state index in [4.69, 9.17) is 0 Å². The van der Waals surface area contributed by atoms with Crippen molar-refractivity contribution in [2.24, 2.45) is 7.05 Å². The van der Waals surface area contributed by atoms with Crippen LogP contribution in [0, 0.1) is 5.82 Å². The number of halogens is 2. The van der Waals surface area contributed by atoms with Crippen LogP contribution in [0.5, 0.6) is 0 Å². The fourth-order valence-corrected chi connectivity index (χ4v) is 5.53. The molecule has 1 heterocycles. The molecule has 0 N–H and O–H groups in total. The van der Waals surface area contributed by atoms with Crippen molar-refractivity contribution in [1.82, 2.24) is 9.55 Å². The van der Waals surface area contributed by atoms with Gasteiger partial charge in [-0.2, -0.15) is 0 Å². The van der Waals surface area contributed by atoms with E-state index in [1.807, 2.05) is 18.2 Å². The third-order valence-corrected chi connectivity index (χ3v) is 7.21. The predicted molar refractivity (Wildman–Crippen MR) is 110 cm³/mol. The highest BCUT2D eigenvalue weighted by Crippen LogP contribution is 2.36. The summed E-state index contributed by atoms with van der Waals surface area (Å²) in [5, 5.41) is -1.02. The minimum atomic E-state index is -3.91. The number of aromatic nitrogens is 2. The van der Waals surface area contributed by atoms with Crippen LogP contribution in [-0.4, -0.2) is 18.0 Å². The molecule has 28 heavy (non-hydrogen) atoms. The highest BCUT2D eigenvalue weighted by atomic mass is 79.9. The Labute approximate surface area is 170 Å². The maximum atomic E-state index is 13.7. The van der Waals surface area contributed by atoms with E-state index in [2.05, 4.69) is 20.9 Å². The molecule has 0 aliphatic rings. The molecule has 0 radical (unpaired) electrons. The predicted octanol–water partition coefficient (Wildman–Crippen LogP) is 5.04. The van der Waals surface area contributed by atoms with Gasteiger partial charge in [-0.25, -0.2) is 17.8 Å². The second-order valence-electron chi connectivity index (χ2n) is 6.47. The van der Waals surface area contributed by atoms with Crippen LogP contribution in [0.15, 0.2) is 82.4 Å². The second-order valence-corrected chi connectivity index (χ2v) is 9.32. The molecule has 7 heteroatoms. The summed E-state index contributed by atoms with van der Waals surface area (Å²) in [5.74, 6) is -0.438. The van der Waals surface area contributed by atoms with E-state index >= 15 is 0 Å². The normalized spacial score (nSPS) is 13.0. The Hall–Kier alpha value is -2.51. The summed E-state index contributed by atoms with van der Waals surface area (Å²) in [7, 11) is -2.32. The number of sulfone groups is 1. The topological polar surface area (TPSA) is 52.0 Å². The minimum Gasteiger partial charge on any atom is -0.318 e. The van der Waals surface area contributed by atoms with Crippen molar-refractivity contribution in [3.63, 3.8) is 0 Å². The number of rotatable bonds is 4. The van der Waals surface area contributed by atoms with Crippen molar-refractivity contribution in [3.8, 4) is 0 Å². The van der Waals surface area contributed by atoms with Crippen LogP contribution in [-0.2, 0) is 16.9 Å². The Kier molecular flexibility index (Phi) is 4.81. The van der Waals surface area contributed by atoms with Crippen LogP contribution < -0.4 is 0 Å². The van der Waals surface area contributed by atoms with E-state index in [-0.39, 0.29) is 5.16 Å². The third kappa shape index (κ3) is 3.25. The molecule has 4 nitrogen and oxygen atoms in total.